The van der Waals surface area contributed by atoms with Gasteiger partial charge in [0.25, 0.3) is 9.05 Å². The van der Waals surface area contributed by atoms with Crippen LogP contribution in [-0.4, -0.2) is 13.4 Å². The monoisotopic (exact) mass is 223 g/mol. The Bertz CT molecular complexity index is 393. The predicted molar refractivity (Wildman–Crippen MR) is 47.1 cm³/mol. The highest BCUT2D eigenvalue weighted by atomic mass is 35.7. The molecule has 1 aliphatic carbocycles. The van der Waals surface area contributed by atoms with E-state index in [1.165, 1.54) is 16.7 Å². The number of hydrogen-bond acceptors (Lipinski definition) is 4. The van der Waals surface area contributed by atoms with Crippen LogP contribution in [0.15, 0.2) is 10.4 Å². The Kier molecular flexibility index (Phi) is 1.89. The summed E-state index contributed by atoms with van der Waals surface area (Å²) in [7, 11) is 1.50. The van der Waals surface area contributed by atoms with Crippen LogP contribution in [0.2, 0.25) is 0 Å². The summed E-state index contributed by atoms with van der Waals surface area (Å²) in [5.74, 6) is 0.488. The van der Waals surface area contributed by atoms with E-state index in [9.17, 15) is 8.42 Å². The van der Waals surface area contributed by atoms with Gasteiger partial charge in [0, 0.05) is 22.0 Å². The van der Waals surface area contributed by atoms with Crippen molar-refractivity contribution in [2.75, 3.05) is 0 Å². The first-order valence-corrected chi connectivity index (χ1v) is 6.66. The zero-order valence-corrected chi connectivity index (χ0v) is 8.42. The first-order chi connectivity index (χ1) is 5.57. The van der Waals surface area contributed by atoms with Crippen LogP contribution >= 0.6 is 22.0 Å². The van der Waals surface area contributed by atoms with Crippen LogP contribution in [0.25, 0.3) is 0 Å². The van der Waals surface area contributed by atoms with E-state index in [1.54, 1.807) is 0 Å². The summed E-state index contributed by atoms with van der Waals surface area (Å²) in [5, 5.41) is 2.39. The van der Waals surface area contributed by atoms with Gasteiger partial charge < -0.3 is 0 Å². The molecule has 1 aromatic rings. The lowest BCUT2D eigenvalue weighted by Crippen LogP contribution is -1.90. The van der Waals surface area contributed by atoms with Gasteiger partial charge in [0.05, 0.1) is 5.01 Å². The fourth-order valence-electron chi connectivity index (χ4n) is 0.902. The Morgan fingerprint density at radius 1 is 1.58 bits per heavy atom. The first kappa shape index (κ1) is 8.47. The number of rotatable bonds is 2. The molecule has 0 bridgehead atoms. The molecule has 1 fully saturated rings. The van der Waals surface area contributed by atoms with Crippen molar-refractivity contribution in [1.82, 2.24) is 4.98 Å². The second-order valence-corrected chi connectivity index (χ2v) is 6.14. The van der Waals surface area contributed by atoms with Crippen LogP contribution in [0.1, 0.15) is 23.8 Å². The van der Waals surface area contributed by atoms with Gasteiger partial charge in [0.1, 0.15) is 0 Å². The SMILES string of the molecule is O=S(=O)(Cl)c1csc(C2CC2)n1. The molecule has 0 amide bonds. The Hall–Kier alpha value is -0.130. The molecule has 1 heterocycles. The molecule has 1 aromatic heterocycles. The largest absolute Gasteiger partial charge is 0.279 e. The summed E-state index contributed by atoms with van der Waals surface area (Å²) < 4.78 is 21.6. The van der Waals surface area contributed by atoms with E-state index in [2.05, 4.69) is 4.98 Å². The van der Waals surface area contributed by atoms with Crippen LogP contribution in [0, 0.1) is 0 Å². The minimum atomic E-state index is -3.62. The Morgan fingerprint density at radius 2 is 2.25 bits per heavy atom. The third-order valence-electron chi connectivity index (χ3n) is 1.68. The summed E-state index contributed by atoms with van der Waals surface area (Å²) in [6.07, 6.45) is 2.24. The molecule has 0 spiro atoms. The number of hydrogen-bond donors (Lipinski definition) is 0. The van der Waals surface area contributed by atoms with E-state index >= 15 is 0 Å². The van der Waals surface area contributed by atoms with Gasteiger partial charge in [-0.25, -0.2) is 13.4 Å². The van der Waals surface area contributed by atoms with Gasteiger partial charge in [-0.05, 0) is 12.8 Å². The highest BCUT2D eigenvalue weighted by Crippen LogP contribution is 2.41. The van der Waals surface area contributed by atoms with Crippen molar-refractivity contribution in [3.63, 3.8) is 0 Å². The highest BCUT2D eigenvalue weighted by Gasteiger charge is 2.28. The molecule has 0 aromatic carbocycles. The van der Waals surface area contributed by atoms with Crippen LogP contribution in [0.5, 0.6) is 0 Å². The Labute approximate surface area is 78.8 Å². The summed E-state index contributed by atoms with van der Waals surface area (Å²) in [4.78, 5) is 3.94. The Balaban J connectivity index is 2.35. The molecule has 0 atom stereocenters. The molecule has 66 valence electrons. The van der Waals surface area contributed by atoms with E-state index in [-0.39, 0.29) is 5.03 Å². The molecule has 3 nitrogen and oxygen atoms in total. The topological polar surface area (TPSA) is 47.0 Å². The van der Waals surface area contributed by atoms with Crippen molar-refractivity contribution in [2.45, 2.75) is 23.8 Å². The number of thiazole rings is 1. The van der Waals surface area contributed by atoms with Crippen LogP contribution < -0.4 is 0 Å². The number of halogens is 1. The standard InChI is InChI=1S/C6H6ClNO2S2/c7-12(9,10)5-3-11-6(8-5)4-1-2-4/h3-4H,1-2H2. The summed E-state index contributed by atoms with van der Waals surface area (Å²) in [5.41, 5.74) is 0. The third kappa shape index (κ3) is 1.62. The molecule has 0 unspecified atom stereocenters. The minimum absolute atomic E-state index is 0.00364. The molecule has 12 heavy (non-hydrogen) atoms. The lowest BCUT2D eigenvalue weighted by atomic mass is 10.5. The van der Waals surface area contributed by atoms with Gasteiger partial charge in [-0.15, -0.1) is 11.3 Å². The van der Waals surface area contributed by atoms with Crippen LogP contribution in [0.3, 0.4) is 0 Å². The van der Waals surface area contributed by atoms with Gasteiger partial charge in [0.15, 0.2) is 5.03 Å². The van der Waals surface area contributed by atoms with Crippen molar-refractivity contribution >= 4 is 31.1 Å². The van der Waals surface area contributed by atoms with Gasteiger partial charge >= 0.3 is 0 Å². The maximum Gasteiger partial charge on any atom is 0.279 e. The van der Waals surface area contributed by atoms with Crippen LogP contribution in [0.4, 0.5) is 0 Å². The summed E-state index contributed by atoms with van der Waals surface area (Å²) >= 11 is 1.37. The molecule has 1 aliphatic rings. The van der Waals surface area contributed by atoms with Crippen molar-refractivity contribution < 1.29 is 8.42 Å². The highest BCUT2D eigenvalue weighted by molar-refractivity contribution is 8.13. The fourth-order valence-corrected chi connectivity index (χ4v) is 3.06. The van der Waals surface area contributed by atoms with E-state index in [0.717, 1.165) is 17.8 Å². The lowest BCUT2D eigenvalue weighted by Gasteiger charge is -1.86. The molecule has 0 aliphatic heterocycles. The molecule has 6 heteroatoms. The average molecular weight is 224 g/mol. The van der Waals surface area contributed by atoms with E-state index in [1.807, 2.05) is 0 Å². The summed E-state index contributed by atoms with van der Waals surface area (Å²) in [6.45, 7) is 0. The zero-order valence-electron chi connectivity index (χ0n) is 6.03. The van der Waals surface area contributed by atoms with Crippen molar-refractivity contribution in [2.24, 2.45) is 0 Å². The molecule has 1 saturated carbocycles. The zero-order chi connectivity index (χ0) is 8.77. The van der Waals surface area contributed by atoms with Gasteiger partial charge in [0.2, 0.25) is 0 Å². The molecule has 0 radical (unpaired) electrons. The fraction of sp³-hybridized carbons (Fsp3) is 0.500. The number of aromatic nitrogens is 1. The third-order valence-corrected chi connectivity index (χ3v) is 4.02. The van der Waals surface area contributed by atoms with E-state index in [4.69, 9.17) is 10.7 Å². The molecular weight excluding hydrogens is 218 g/mol. The van der Waals surface area contributed by atoms with E-state index < -0.39 is 9.05 Å². The van der Waals surface area contributed by atoms with Crippen molar-refractivity contribution in [3.8, 4) is 0 Å². The normalized spacial score (nSPS) is 18.1. The smallest absolute Gasteiger partial charge is 0.228 e. The van der Waals surface area contributed by atoms with Gasteiger partial charge in [-0.2, -0.15) is 0 Å². The maximum atomic E-state index is 10.8. The van der Waals surface area contributed by atoms with Crippen molar-refractivity contribution in [1.29, 1.82) is 0 Å². The summed E-state index contributed by atoms with van der Waals surface area (Å²) in [6, 6.07) is 0. The number of nitrogens with zero attached hydrogens (tertiary/aromatic N) is 1. The minimum Gasteiger partial charge on any atom is -0.228 e. The maximum absolute atomic E-state index is 10.8. The molecular formula is C6H6ClNO2S2. The van der Waals surface area contributed by atoms with E-state index in [0.29, 0.717) is 5.92 Å². The molecule has 0 N–H and O–H groups in total. The molecule has 0 saturated heterocycles. The quantitative estimate of drug-likeness (QED) is 0.720. The van der Waals surface area contributed by atoms with Gasteiger partial charge in [-0.1, -0.05) is 0 Å². The van der Waals surface area contributed by atoms with Crippen LogP contribution in [-0.2, 0) is 9.05 Å². The first-order valence-electron chi connectivity index (χ1n) is 3.47. The van der Waals surface area contributed by atoms with Gasteiger partial charge in [-0.3, -0.25) is 0 Å². The second-order valence-electron chi connectivity index (χ2n) is 2.74. The Morgan fingerprint density at radius 3 is 2.67 bits per heavy atom. The van der Waals surface area contributed by atoms with Crippen molar-refractivity contribution in [3.05, 3.63) is 10.4 Å². The predicted octanol–water partition coefficient (Wildman–Crippen LogP) is 1.95. The average Bonchev–Trinajstić information content (AvgIpc) is 2.66. The molecule has 2 rings (SSSR count). The lowest BCUT2D eigenvalue weighted by molar-refractivity contribution is 0.606. The second kappa shape index (κ2) is 2.68.